The molecule has 7 aromatic carbocycles. The van der Waals surface area contributed by atoms with Gasteiger partial charge in [-0.15, -0.1) is 0 Å². The highest BCUT2D eigenvalue weighted by Crippen LogP contribution is 2.54. The van der Waals surface area contributed by atoms with E-state index in [4.69, 9.17) is 16.6 Å². The highest BCUT2D eigenvalue weighted by atomic mass is 16.5. The van der Waals surface area contributed by atoms with Gasteiger partial charge in [-0.05, 0) is 146 Å². The minimum atomic E-state index is -0.660. The van der Waals surface area contributed by atoms with Crippen LogP contribution in [0.2, 0.25) is 0 Å². The summed E-state index contributed by atoms with van der Waals surface area (Å²) in [5.41, 5.74) is 11.3. The van der Waals surface area contributed by atoms with Gasteiger partial charge in [0, 0.05) is 45.9 Å². The number of aromatic nitrogens is 2. The Balaban J connectivity index is 1.09. The van der Waals surface area contributed by atoms with Gasteiger partial charge in [0.15, 0.2) is 0 Å². The number of benzene rings is 7. The van der Waals surface area contributed by atoms with Crippen molar-refractivity contribution < 1.29 is 15.7 Å². The normalized spacial score (nSPS) is 17.0. The van der Waals surface area contributed by atoms with E-state index in [1.807, 2.05) is 86.0 Å². The van der Waals surface area contributed by atoms with Crippen LogP contribution in [0.4, 0.5) is 22.7 Å². The molecule has 0 N–H and O–H groups in total. The van der Waals surface area contributed by atoms with Crippen molar-refractivity contribution in [3.8, 4) is 39.6 Å². The molecule has 9 aromatic rings. The summed E-state index contributed by atoms with van der Waals surface area (Å²) < 4.78 is 82.4. The summed E-state index contributed by atoms with van der Waals surface area (Å²) in [5, 5.41) is 1.05. The van der Waals surface area contributed by atoms with Crippen LogP contribution in [0.25, 0.3) is 49.9 Å². The SMILES string of the molecule is [2H]c1c([2H])c(-c2cc(C(C)(C)C)cc(-c3ccc4c(c3)C(C)(C)CCC4(C)C)c2N2CN(c3cccc(Oc4ccc5c6c([2H])c([2H])c([2H])c([2H])c6n(-c6cc(C(C)(C)C)ccn6)c5c4)c3)c3ccccc32)c([2H])c(C(C)(C)C)c1[2H]. The number of para-hydroxylation sites is 3. The lowest BCUT2D eigenvalue weighted by molar-refractivity contribution is 0.332. The second kappa shape index (κ2) is 17.3. The first-order chi connectivity index (χ1) is 37.9. The van der Waals surface area contributed by atoms with Gasteiger partial charge >= 0.3 is 0 Å². The Morgan fingerprint density at radius 3 is 1.93 bits per heavy atom. The van der Waals surface area contributed by atoms with E-state index < -0.39 is 5.41 Å². The molecule has 2 aliphatic rings. The van der Waals surface area contributed by atoms with Crippen molar-refractivity contribution in [1.29, 1.82) is 0 Å². The van der Waals surface area contributed by atoms with Crippen molar-refractivity contribution in [1.82, 2.24) is 9.55 Å². The van der Waals surface area contributed by atoms with E-state index in [0.717, 1.165) is 57.8 Å². The predicted octanol–water partition coefficient (Wildman–Crippen LogP) is 18.8. The van der Waals surface area contributed by atoms with Crippen molar-refractivity contribution in [3.63, 3.8) is 0 Å². The van der Waals surface area contributed by atoms with Crippen LogP contribution in [0, 0.1) is 0 Å². The molecule has 0 saturated heterocycles. The second-order valence-electron chi connectivity index (χ2n) is 24.7. The number of ether oxygens (including phenoxy) is 1. The Hall–Kier alpha value is -7.11. The fourth-order valence-electron chi connectivity index (χ4n) is 10.9. The van der Waals surface area contributed by atoms with Crippen molar-refractivity contribution >= 4 is 44.6 Å². The van der Waals surface area contributed by atoms with Gasteiger partial charge in [0.25, 0.3) is 0 Å². The lowest BCUT2D eigenvalue weighted by atomic mass is 9.63. The Kier molecular flexibility index (Phi) is 9.32. The summed E-state index contributed by atoms with van der Waals surface area (Å²) in [6.07, 6.45) is 3.87. The molecule has 5 heteroatoms. The molecule has 73 heavy (non-hydrogen) atoms. The second-order valence-corrected chi connectivity index (χ2v) is 24.7. The molecule has 0 fully saturated rings. The molecule has 0 saturated carbocycles. The molecule has 370 valence electrons. The Labute approximate surface area is 445 Å². The molecule has 0 unspecified atom stereocenters. The summed E-state index contributed by atoms with van der Waals surface area (Å²) in [5.74, 6) is 1.59. The first-order valence-electron chi connectivity index (χ1n) is 29.8. The maximum atomic E-state index is 10.0. The predicted molar refractivity (Wildman–Crippen MR) is 309 cm³/mol. The van der Waals surface area contributed by atoms with Crippen molar-refractivity contribution in [3.05, 3.63) is 192 Å². The number of hydrogen-bond donors (Lipinski definition) is 0. The molecular weight excluding hydrogens is 889 g/mol. The van der Waals surface area contributed by atoms with E-state index in [2.05, 4.69) is 128 Å². The third-order valence-electron chi connectivity index (χ3n) is 15.4. The maximum Gasteiger partial charge on any atom is 0.137 e. The van der Waals surface area contributed by atoms with E-state index in [1.54, 1.807) is 6.20 Å². The fourth-order valence-corrected chi connectivity index (χ4v) is 10.9. The van der Waals surface area contributed by atoms with Gasteiger partial charge in [0.05, 0.1) is 39.1 Å². The van der Waals surface area contributed by atoms with E-state index in [-0.39, 0.29) is 70.0 Å². The van der Waals surface area contributed by atoms with Crippen LogP contribution >= 0.6 is 0 Å². The minimum absolute atomic E-state index is 0.00922. The number of rotatable bonds is 7. The van der Waals surface area contributed by atoms with E-state index in [0.29, 0.717) is 62.5 Å². The molecule has 0 atom stereocenters. The van der Waals surface area contributed by atoms with Crippen LogP contribution in [0.5, 0.6) is 11.5 Å². The summed E-state index contributed by atoms with van der Waals surface area (Å²) in [6.45, 7) is 28.5. The molecule has 1 aliphatic carbocycles. The van der Waals surface area contributed by atoms with E-state index in [9.17, 15) is 4.11 Å². The molecule has 3 heterocycles. The highest BCUT2D eigenvalue weighted by Gasteiger charge is 2.38. The Morgan fingerprint density at radius 2 is 1.21 bits per heavy atom. The molecule has 0 radical (unpaired) electrons. The smallest absolute Gasteiger partial charge is 0.137 e. The monoisotopic (exact) mass is 969 g/mol. The molecule has 5 nitrogen and oxygen atoms in total. The Morgan fingerprint density at radius 1 is 0.534 bits per heavy atom. The van der Waals surface area contributed by atoms with Crippen LogP contribution in [-0.4, -0.2) is 16.2 Å². The van der Waals surface area contributed by atoms with Gasteiger partial charge in [-0.25, -0.2) is 4.98 Å². The molecular formula is C68H72N4O. The third kappa shape index (κ3) is 8.69. The molecule has 2 aromatic heterocycles. The summed E-state index contributed by atoms with van der Waals surface area (Å²) >= 11 is 0. The fraction of sp³-hybridized carbons (Fsp3) is 0.309. The van der Waals surface area contributed by atoms with Gasteiger partial charge in [0.2, 0.25) is 0 Å². The molecule has 0 bridgehead atoms. The summed E-state index contributed by atoms with van der Waals surface area (Å²) in [7, 11) is 0. The zero-order valence-electron chi connectivity index (χ0n) is 52.8. The number of nitrogens with zero attached hydrogens (tertiary/aromatic N) is 4. The molecule has 0 amide bonds. The first-order valence-corrected chi connectivity index (χ1v) is 25.8. The quantitative estimate of drug-likeness (QED) is 0.159. The molecule has 0 spiro atoms. The molecule has 1 aliphatic heterocycles. The standard InChI is InChI=1S/C68H72N4O/c1-64(2,3)46-21-18-20-44(36-46)54-38-48(66(7,8)9)39-55(45-28-31-56-57(37-45)68(12,13)34-33-67(56,10)11)63(54)71-43-70(59-26-16-17-27-60(59)71)49-22-19-23-50(41-49)73-51-29-30-53-52-24-14-15-25-58(52)72(61(53)42-51)62-40-47(32-35-69-62)65(4,5)6/h14-32,35-42H,33-34,43H2,1-13H3/i14D,15D,18D,20D,21D,24D,25D,36D. The average Bonchev–Trinajstić information content (AvgIpc) is 4.22. The van der Waals surface area contributed by atoms with Gasteiger partial charge in [-0.1, -0.05) is 169 Å². The van der Waals surface area contributed by atoms with Crippen molar-refractivity contribution in [2.75, 3.05) is 16.5 Å². The number of hydrogen-bond acceptors (Lipinski definition) is 4. The largest absolute Gasteiger partial charge is 0.457 e. The van der Waals surface area contributed by atoms with Crippen molar-refractivity contribution in [2.45, 2.75) is 130 Å². The van der Waals surface area contributed by atoms with Crippen LogP contribution in [0.15, 0.2) is 164 Å². The lowest BCUT2D eigenvalue weighted by Gasteiger charge is -2.42. The van der Waals surface area contributed by atoms with Crippen molar-refractivity contribution in [2.24, 2.45) is 0 Å². The number of anilines is 4. The van der Waals surface area contributed by atoms with Crippen LogP contribution in [0.1, 0.15) is 142 Å². The van der Waals surface area contributed by atoms with Crippen LogP contribution in [-0.2, 0) is 27.1 Å². The van der Waals surface area contributed by atoms with Gasteiger partial charge in [-0.2, -0.15) is 0 Å². The maximum absolute atomic E-state index is 10.0. The lowest BCUT2D eigenvalue weighted by Crippen LogP contribution is -2.33. The highest BCUT2D eigenvalue weighted by molar-refractivity contribution is 6.09. The molecule has 11 rings (SSSR count). The van der Waals surface area contributed by atoms with E-state index >= 15 is 0 Å². The first kappa shape index (κ1) is 39.4. The number of pyridine rings is 1. The summed E-state index contributed by atoms with van der Waals surface area (Å²) in [6, 6.07) is 35.9. The summed E-state index contributed by atoms with van der Waals surface area (Å²) in [4.78, 5) is 9.32. The average molecular weight is 969 g/mol. The zero-order valence-corrected chi connectivity index (χ0v) is 44.8. The van der Waals surface area contributed by atoms with Gasteiger partial charge in [0.1, 0.15) is 24.0 Å². The Bertz CT molecular complexity index is 4080. The topological polar surface area (TPSA) is 33.5 Å². The van der Waals surface area contributed by atoms with Crippen LogP contribution < -0.4 is 14.5 Å². The van der Waals surface area contributed by atoms with E-state index in [1.165, 1.54) is 11.1 Å². The van der Waals surface area contributed by atoms with Gasteiger partial charge < -0.3 is 14.5 Å². The minimum Gasteiger partial charge on any atom is -0.457 e. The number of fused-ring (bicyclic) bond motifs is 5. The van der Waals surface area contributed by atoms with Crippen LogP contribution in [0.3, 0.4) is 0 Å². The van der Waals surface area contributed by atoms with Gasteiger partial charge in [-0.3, -0.25) is 4.57 Å². The zero-order chi connectivity index (χ0) is 58.4. The third-order valence-corrected chi connectivity index (χ3v) is 15.4.